The molecule has 17 atom stereocenters. The van der Waals surface area contributed by atoms with Crippen LogP contribution in [-0.2, 0) is 33.2 Å². The van der Waals surface area contributed by atoms with E-state index in [1.54, 1.807) is 5.57 Å². The van der Waals surface area contributed by atoms with Gasteiger partial charge in [-0.2, -0.15) is 0 Å². The van der Waals surface area contributed by atoms with Crippen molar-refractivity contribution in [2.24, 2.45) is 44.8 Å². The normalized spacial score (nSPS) is 61.1. The number of fused-ring (bicyclic) bond motifs is 6. The minimum Gasteiger partial charge on any atom is -0.462 e. The van der Waals surface area contributed by atoms with Crippen molar-refractivity contribution < 1.29 is 48.5 Å². The third-order valence-electron chi connectivity index (χ3n) is 16.0. The first-order chi connectivity index (χ1) is 22.0. The van der Waals surface area contributed by atoms with Gasteiger partial charge in [-0.15, -0.1) is 0 Å². The van der Waals surface area contributed by atoms with Crippen LogP contribution in [0.1, 0.15) is 93.4 Å². The molecule has 9 rings (SSSR count). The maximum absolute atomic E-state index is 12.7. The van der Waals surface area contributed by atoms with Crippen LogP contribution in [0.3, 0.4) is 0 Å². The Morgan fingerprint density at radius 3 is 2.45 bits per heavy atom. The number of rotatable bonds is 3. The zero-order valence-electron chi connectivity index (χ0n) is 29.0. The average molecular weight is 659 g/mol. The molecule has 4 aliphatic heterocycles. The van der Waals surface area contributed by atoms with Gasteiger partial charge in [0.1, 0.15) is 36.1 Å². The van der Waals surface area contributed by atoms with Crippen LogP contribution < -0.4 is 0 Å². The largest absolute Gasteiger partial charge is 0.462 e. The fourth-order valence-electron chi connectivity index (χ4n) is 13.7. The Hall–Kier alpha value is -1.11. The van der Waals surface area contributed by atoms with E-state index in [1.165, 1.54) is 6.92 Å². The maximum atomic E-state index is 12.7. The van der Waals surface area contributed by atoms with E-state index in [1.807, 2.05) is 0 Å². The number of carbonyl (C=O) groups excluding carboxylic acids is 1. The Labute approximate surface area is 277 Å². The molecule has 4 heterocycles. The van der Waals surface area contributed by atoms with E-state index < -0.39 is 30.4 Å². The van der Waals surface area contributed by atoms with E-state index in [2.05, 4.69) is 47.6 Å². The van der Waals surface area contributed by atoms with Crippen LogP contribution in [-0.4, -0.2) is 94.9 Å². The molecule has 17 unspecified atom stereocenters. The highest BCUT2D eigenvalue weighted by atomic mass is 16.8. The van der Waals surface area contributed by atoms with Gasteiger partial charge in [-0.3, -0.25) is 4.79 Å². The highest BCUT2D eigenvalue weighted by Gasteiger charge is 2.85. The van der Waals surface area contributed by atoms with Gasteiger partial charge in [0.25, 0.3) is 0 Å². The van der Waals surface area contributed by atoms with Crippen molar-refractivity contribution in [2.45, 2.75) is 154 Å². The van der Waals surface area contributed by atoms with Gasteiger partial charge in [0.05, 0.1) is 25.4 Å². The van der Waals surface area contributed by atoms with Crippen LogP contribution in [0.4, 0.5) is 0 Å². The Morgan fingerprint density at radius 2 is 1.77 bits per heavy atom. The summed E-state index contributed by atoms with van der Waals surface area (Å²) in [6.07, 6.45) is 3.33. The van der Waals surface area contributed by atoms with Gasteiger partial charge >= 0.3 is 5.97 Å². The lowest BCUT2D eigenvalue weighted by atomic mass is 9.44. The second kappa shape index (κ2) is 9.40. The van der Waals surface area contributed by atoms with E-state index in [-0.39, 0.29) is 75.6 Å². The second-order valence-corrected chi connectivity index (χ2v) is 18.5. The van der Waals surface area contributed by atoms with Crippen molar-refractivity contribution in [2.75, 3.05) is 13.2 Å². The molecule has 5 aliphatic carbocycles. The molecule has 0 aromatic rings. The Morgan fingerprint density at radius 1 is 1.00 bits per heavy atom. The van der Waals surface area contributed by atoms with Crippen LogP contribution >= 0.6 is 0 Å². The molecule has 3 spiro atoms. The van der Waals surface area contributed by atoms with E-state index in [4.69, 9.17) is 28.4 Å². The summed E-state index contributed by atoms with van der Waals surface area (Å²) in [5.41, 5.74) is 0.785. The molecule has 3 N–H and O–H groups in total. The molecule has 10 heteroatoms. The third kappa shape index (κ3) is 3.73. The average Bonchev–Trinajstić information content (AvgIpc) is 3.83. The van der Waals surface area contributed by atoms with E-state index in [0.717, 1.165) is 38.5 Å². The zero-order chi connectivity index (χ0) is 33.3. The van der Waals surface area contributed by atoms with Gasteiger partial charge in [0.15, 0.2) is 12.1 Å². The van der Waals surface area contributed by atoms with Crippen LogP contribution in [0.15, 0.2) is 11.6 Å². The number of carbonyl (C=O) groups is 1. The maximum Gasteiger partial charge on any atom is 0.302 e. The van der Waals surface area contributed by atoms with Crippen molar-refractivity contribution >= 4 is 5.97 Å². The summed E-state index contributed by atoms with van der Waals surface area (Å²) < 4.78 is 38.1. The summed E-state index contributed by atoms with van der Waals surface area (Å²) in [4.78, 5) is 12.7. The smallest absolute Gasteiger partial charge is 0.302 e. The Kier molecular flexibility index (Phi) is 6.37. The molecule has 4 saturated carbocycles. The molecule has 0 amide bonds. The molecular formula is C37H54O10. The van der Waals surface area contributed by atoms with Crippen LogP contribution in [0.2, 0.25) is 0 Å². The molecule has 262 valence electrons. The number of ether oxygens (including phenoxy) is 6. The van der Waals surface area contributed by atoms with Gasteiger partial charge < -0.3 is 43.7 Å². The number of esters is 1. The Bertz CT molecular complexity index is 1410. The summed E-state index contributed by atoms with van der Waals surface area (Å²) in [5.74, 6) is 0.142. The minimum atomic E-state index is -1.37. The summed E-state index contributed by atoms with van der Waals surface area (Å²) in [5, 5.41) is 31.1. The predicted molar refractivity (Wildman–Crippen MR) is 166 cm³/mol. The quantitative estimate of drug-likeness (QED) is 0.234. The van der Waals surface area contributed by atoms with Gasteiger partial charge in [0, 0.05) is 30.6 Å². The molecule has 0 bridgehead atoms. The van der Waals surface area contributed by atoms with Crippen LogP contribution in [0, 0.1) is 44.8 Å². The zero-order valence-corrected chi connectivity index (χ0v) is 29.0. The lowest BCUT2D eigenvalue weighted by molar-refractivity contribution is -0.306. The molecule has 8 fully saturated rings. The predicted octanol–water partition coefficient (Wildman–Crippen LogP) is 3.63. The lowest BCUT2D eigenvalue weighted by Gasteiger charge is -2.61. The summed E-state index contributed by atoms with van der Waals surface area (Å²) in [6, 6.07) is 0. The van der Waals surface area contributed by atoms with Crippen molar-refractivity contribution in [3.63, 3.8) is 0 Å². The molecule has 10 nitrogen and oxygen atoms in total. The first-order valence-corrected chi connectivity index (χ1v) is 18.2. The van der Waals surface area contributed by atoms with Crippen molar-refractivity contribution in [3.8, 4) is 0 Å². The summed E-state index contributed by atoms with van der Waals surface area (Å²) in [7, 11) is 0. The number of epoxide rings is 1. The van der Waals surface area contributed by atoms with Crippen molar-refractivity contribution in [1.29, 1.82) is 0 Å². The highest BCUT2D eigenvalue weighted by molar-refractivity contribution is 5.66. The second-order valence-electron chi connectivity index (χ2n) is 18.5. The first kappa shape index (κ1) is 31.8. The van der Waals surface area contributed by atoms with Crippen LogP contribution in [0.5, 0.6) is 0 Å². The van der Waals surface area contributed by atoms with Gasteiger partial charge in [-0.25, -0.2) is 0 Å². The molecule has 0 aromatic carbocycles. The summed E-state index contributed by atoms with van der Waals surface area (Å²) in [6.45, 7) is 16.0. The SMILES string of the molecule is CC(=O)OC1CC(OC2OCC(O)C(O)C2O)C(C)(C)C2CC=C3C4(C)CC5OC6(CC(C)C5C4(C)CCC34CC124)OCC1(C)OC16. The highest BCUT2D eigenvalue weighted by Crippen LogP contribution is 2.88. The molecule has 9 aliphatic rings. The van der Waals surface area contributed by atoms with Crippen molar-refractivity contribution in [3.05, 3.63) is 11.6 Å². The van der Waals surface area contributed by atoms with Crippen molar-refractivity contribution in [1.82, 2.24) is 0 Å². The number of aliphatic hydroxyl groups excluding tert-OH is 3. The lowest BCUT2D eigenvalue weighted by Crippen LogP contribution is -2.61. The fourth-order valence-corrected chi connectivity index (χ4v) is 13.7. The Balaban J connectivity index is 1.05. The van der Waals surface area contributed by atoms with E-state index >= 15 is 0 Å². The monoisotopic (exact) mass is 658 g/mol. The van der Waals surface area contributed by atoms with Crippen LogP contribution in [0.25, 0.3) is 0 Å². The number of hydrogen-bond acceptors (Lipinski definition) is 10. The molecule has 4 saturated heterocycles. The van der Waals surface area contributed by atoms with Gasteiger partial charge in [-0.1, -0.05) is 46.3 Å². The summed E-state index contributed by atoms with van der Waals surface area (Å²) >= 11 is 0. The fraction of sp³-hybridized carbons (Fsp3) is 0.919. The molecule has 0 aromatic heterocycles. The first-order valence-electron chi connectivity index (χ1n) is 18.2. The third-order valence-corrected chi connectivity index (χ3v) is 16.0. The van der Waals surface area contributed by atoms with E-state index in [9.17, 15) is 20.1 Å². The number of hydrogen-bond donors (Lipinski definition) is 3. The molecule has 47 heavy (non-hydrogen) atoms. The number of allylic oxidation sites excluding steroid dienone is 2. The standard InChI is InChI=1S/C37H54O10/c1-18-13-37(30-34(7,47-30)17-43-37)46-21-14-33(6)23-9-8-22-31(3,4)24(45-29-28(41)27(40)20(39)15-42-29)12-25(44-19(2)38)36(22)16-35(23,36)11-10-32(33,5)26(18)21/h9,18,20-22,24-30,39-41H,8,10-17H2,1-7H3. The molecule has 0 radical (unpaired) electrons. The topological polar surface area (TPSA) is 136 Å². The van der Waals surface area contributed by atoms with Gasteiger partial charge in [-0.05, 0) is 73.0 Å². The van der Waals surface area contributed by atoms with E-state index in [0.29, 0.717) is 24.9 Å². The van der Waals surface area contributed by atoms with Gasteiger partial charge in [0.2, 0.25) is 0 Å². The molecular weight excluding hydrogens is 604 g/mol. The number of aliphatic hydroxyl groups is 3. The minimum absolute atomic E-state index is 0.0203.